The molecule has 2 heterocycles. The summed E-state index contributed by atoms with van der Waals surface area (Å²) in [5.74, 6) is 1.62. The Labute approximate surface area is 165 Å². The zero-order valence-electron chi connectivity index (χ0n) is 16.7. The van der Waals surface area contributed by atoms with Crippen molar-refractivity contribution in [1.29, 1.82) is 0 Å². The zero-order valence-corrected chi connectivity index (χ0v) is 16.7. The maximum absolute atomic E-state index is 11.8. The Morgan fingerprint density at radius 3 is 2.61 bits per heavy atom. The van der Waals surface area contributed by atoms with E-state index >= 15 is 0 Å². The van der Waals surface area contributed by atoms with Crippen LogP contribution in [0.2, 0.25) is 0 Å². The Morgan fingerprint density at radius 2 is 1.96 bits per heavy atom. The lowest BCUT2D eigenvalue weighted by Crippen LogP contribution is -2.42. The normalized spacial score (nSPS) is 14.8. The lowest BCUT2D eigenvalue weighted by molar-refractivity contribution is 0.0983. The number of aromatic nitrogens is 3. The molecule has 1 aliphatic rings. The molecular formula is C20H28N6O2. The van der Waals surface area contributed by atoms with Gasteiger partial charge in [0.1, 0.15) is 0 Å². The fourth-order valence-corrected chi connectivity index (χ4v) is 3.13. The first-order chi connectivity index (χ1) is 13.5. The Bertz CT molecular complexity index is 773. The van der Waals surface area contributed by atoms with Crippen molar-refractivity contribution in [2.45, 2.75) is 45.6 Å². The number of likely N-dealkylation sites (tertiary alicyclic amines) is 1. The number of rotatable bonds is 6. The highest BCUT2D eigenvalue weighted by molar-refractivity contribution is 5.67. The van der Waals surface area contributed by atoms with Gasteiger partial charge < -0.3 is 20.3 Å². The average molecular weight is 384 g/mol. The molecule has 8 heteroatoms. The summed E-state index contributed by atoms with van der Waals surface area (Å²) in [7, 11) is 0. The van der Waals surface area contributed by atoms with E-state index in [1.54, 1.807) is 11.1 Å². The fraction of sp³-hybridized carbons (Fsp3) is 0.500. The number of ether oxygens (including phenoxy) is 1. The predicted molar refractivity (Wildman–Crippen MR) is 109 cm³/mol. The van der Waals surface area contributed by atoms with Gasteiger partial charge in [-0.1, -0.05) is 26.0 Å². The molecule has 1 amide bonds. The molecule has 0 saturated carbocycles. The summed E-state index contributed by atoms with van der Waals surface area (Å²) in [6, 6.07) is 8.50. The molecule has 28 heavy (non-hydrogen) atoms. The summed E-state index contributed by atoms with van der Waals surface area (Å²) in [5, 5.41) is 14.7. The van der Waals surface area contributed by atoms with E-state index in [1.807, 2.05) is 19.1 Å². The van der Waals surface area contributed by atoms with Crippen LogP contribution in [0.3, 0.4) is 0 Å². The minimum atomic E-state index is -0.242. The first-order valence-electron chi connectivity index (χ1n) is 9.80. The highest BCUT2D eigenvalue weighted by atomic mass is 16.6. The van der Waals surface area contributed by atoms with E-state index in [-0.39, 0.29) is 12.1 Å². The lowest BCUT2D eigenvalue weighted by atomic mass is 10.0. The Kier molecular flexibility index (Phi) is 6.62. The van der Waals surface area contributed by atoms with Crippen molar-refractivity contribution in [3.63, 3.8) is 0 Å². The highest BCUT2D eigenvalue weighted by Gasteiger charge is 2.24. The van der Waals surface area contributed by atoms with Crippen LogP contribution in [0, 0.1) is 0 Å². The first kappa shape index (κ1) is 19.9. The third-order valence-corrected chi connectivity index (χ3v) is 4.76. The van der Waals surface area contributed by atoms with E-state index in [0.29, 0.717) is 37.4 Å². The lowest BCUT2D eigenvalue weighted by Gasteiger charge is -2.31. The van der Waals surface area contributed by atoms with Gasteiger partial charge in [-0.25, -0.2) is 4.79 Å². The van der Waals surface area contributed by atoms with Gasteiger partial charge in [0.25, 0.3) is 0 Å². The summed E-state index contributed by atoms with van der Waals surface area (Å²) >= 11 is 0. The quantitative estimate of drug-likeness (QED) is 0.783. The second-order valence-corrected chi connectivity index (χ2v) is 7.17. The number of anilines is 3. The van der Waals surface area contributed by atoms with Crippen molar-refractivity contribution in [2.75, 3.05) is 30.3 Å². The molecule has 1 saturated heterocycles. The molecule has 8 nitrogen and oxygen atoms in total. The summed E-state index contributed by atoms with van der Waals surface area (Å²) in [5.41, 5.74) is 2.25. The number of amides is 1. The fourth-order valence-electron chi connectivity index (χ4n) is 3.13. The second kappa shape index (κ2) is 9.34. The van der Waals surface area contributed by atoms with Crippen LogP contribution in [0.1, 0.15) is 45.1 Å². The van der Waals surface area contributed by atoms with Crippen LogP contribution in [0.4, 0.5) is 22.2 Å². The van der Waals surface area contributed by atoms with E-state index in [1.165, 1.54) is 5.56 Å². The number of piperidine rings is 1. The van der Waals surface area contributed by atoms with Crippen LogP contribution in [0.25, 0.3) is 0 Å². The van der Waals surface area contributed by atoms with Crippen molar-refractivity contribution in [2.24, 2.45) is 0 Å². The molecule has 1 aromatic carbocycles. The largest absolute Gasteiger partial charge is 0.450 e. The Morgan fingerprint density at radius 1 is 1.25 bits per heavy atom. The molecule has 0 aliphatic carbocycles. The average Bonchev–Trinajstić information content (AvgIpc) is 2.69. The van der Waals surface area contributed by atoms with E-state index < -0.39 is 0 Å². The van der Waals surface area contributed by atoms with Crippen LogP contribution in [0.5, 0.6) is 0 Å². The SMILES string of the molecule is CCOC(=O)N1CCC(Nc2nncc(Nc3ccc(C(C)C)cc3)n2)CC1. The number of carbonyl (C=O) groups is 1. The maximum Gasteiger partial charge on any atom is 0.409 e. The predicted octanol–water partition coefficient (Wildman–Crippen LogP) is 3.77. The molecule has 2 aromatic rings. The van der Waals surface area contributed by atoms with Crippen LogP contribution in [-0.2, 0) is 4.74 Å². The van der Waals surface area contributed by atoms with Gasteiger partial charge in [0.05, 0.1) is 12.8 Å². The third-order valence-electron chi connectivity index (χ3n) is 4.76. The van der Waals surface area contributed by atoms with Crippen LogP contribution < -0.4 is 10.6 Å². The standard InChI is InChI=1S/C20H28N6O2/c1-4-28-20(27)26-11-9-17(10-12-26)23-19-24-18(13-21-25-19)22-16-7-5-15(6-8-16)14(2)3/h5-8,13-14,17H,4,9-12H2,1-3H3,(H2,22,23,24,25). The summed E-state index contributed by atoms with van der Waals surface area (Å²) in [6.45, 7) is 7.87. The molecule has 150 valence electrons. The Balaban J connectivity index is 1.54. The Hall–Kier alpha value is -2.90. The highest BCUT2D eigenvalue weighted by Crippen LogP contribution is 2.20. The number of hydrogen-bond acceptors (Lipinski definition) is 7. The minimum Gasteiger partial charge on any atom is -0.450 e. The molecule has 1 aliphatic heterocycles. The van der Waals surface area contributed by atoms with E-state index in [0.717, 1.165) is 18.5 Å². The van der Waals surface area contributed by atoms with Gasteiger partial charge in [0, 0.05) is 24.8 Å². The molecule has 3 rings (SSSR count). The number of benzene rings is 1. The molecule has 0 spiro atoms. The third kappa shape index (κ3) is 5.31. The number of nitrogens with one attached hydrogen (secondary N) is 2. The maximum atomic E-state index is 11.8. The molecule has 0 unspecified atom stereocenters. The van der Waals surface area contributed by atoms with Crippen LogP contribution >= 0.6 is 0 Å². The number of nitrogens with zero attached hydrogens (tertiary/aromatic N) is 4. The van der Waals surface area contributed by atoms with Gasteiger partial charge in [-0.2, -0.15) is 10.1 Å². The summed E-state index contributed by atoms with van der Waals surface area (Å²) in [6.07, 6.45) is 2.99. The van der Waals surface area contributed by atoms with Gasteiger partial charge in [-0.3, -0.25) is 0 Å². The van der Waals surface area contributed by atoms with Gasteiger partial charge >= 0.3 is 6.09 Å². The van der Waals surface area contributed by atoms with E-state index in [4.69, 9.17) is 4.74 Å². The molecular weight excluding hydrogens is 356 g/mol. The van der Waals surface area contributed by atoms with Crippen molar-refractivity contribution >= 4 is 23.5 Å². The van der Waals surface area contributed by atoms with Crippen molar-refractivity contribution in [1.82, 2.24) is 20.1 Å². The minimum absolute atomic E-state index is 0.202. The summed E-state index contributed by atoms with van der Waals surface area (Å²) < 4.78 is 5.05. The van der Waals surface area contributed by atoms with Crippen LogP contribution in [-0.4, -0.2) is 51.9 Å². The van der Waals surface area contributed by atoms with E-state index in [9.17, 15) is 4.79 Å². The van der Waals surface area contributed by atoms with E-state index in [2.05, 4.69) is 51.8 Å². The van der Waals surface area contributed by atoms with Gasteiger partial charge in [0.2, 0.25) is 5.95 Å². The first-order valence-corrected chi connectivity index (χ1v) is 9.80. The second-order valence-electron chi connectivity index (χ2n) is 7.17. The molecule has 0 bridgehead atoms. The molecule has 1 aromatic heterocycles. The van der Waals surface area contributed by atoms with Crippen molar-refractivity contribution < 1.29 is 9.53 Å². The molecule has 0 radical (unpaired) electrons. The summed E-state index contributed by atoms with van der Waals surface area (Å²) in [4.78, 5) is 18.0. The van der Waals surface area contributed by atoms with Gasteiger partial charge in [-0.15, -0.1) is 5.10 Å². The molecule has 0 atom stereocenters. The van der Waals surface area contributed by atoms with Gasteiger partial charge in [0.15, 0.2) is 5.82 Å². The zero-order chi connectivity index (χ0) is 19.9. The van der Waals surface area contributed by atoms with Crippen LogP contribution in [0.15, 0.2) is 30.5 Å². The smallest absolute Gasteiger partial charge is 0.409 e. The topological polar surface area (TPSA) is 92.3 Å². The number of carbonyl (C=O) groups excluding carboxylic acids is 1. The molecule has 2 N–H and O–H groups in total. The molecule has 1 fully saturated rings. The monoisotopic (exact) mass is 384 g/mol. The van der Waals surface area contributed by atoms with Gasteiger partial charge in [-0.05, 0) is 43.4 Å². The van der Waals surface area contributed by atoms with Crippen molar-refractivity contribution in [3.05, 3.63) is 36.0 Å². The number of hydrogen-bond donors (Lipinski definition) is 2. The van der Waals surface area contributed by atoms with Crippen molar-refractivity contribution in [3.8, 4) is 0 Å².